The van der Waals surface area contributed by atoms with Crippen molar-refractivity contribution in [2.45, 2.75) is 24.7 Å². The maximum absolute atomic E-state index is 12.0. The van der Waals surface area contributed by atoms with Gasteiger partial charge in [-0.25, -0.2) is 13.1 Å². The Morgan fingerprint density at radius 1 is 1.44 bits per heavy atom. The van der Waals surface area contributed by atoms with E-state index >= 15 is 0 Å². The lowest BCUT2D eigenvalue weighted by Crippen LogP contribution is -2.44. The van der Waals surface area contributed by atoms with Gasteiger partial charge in [0.2, 0.25) is 10.0 Å². The van der Waals surface area contributed by atoms with Crippen LogP contribution >= 0.6 is 22.6 Å². The quantitative estimate of drug-likeness (QED) is 0.593. The minimum absolute atomic E-state index is 0.344. The van der Waals surface area contributed by atoms with E-state index in [1.165, 1.54) is 0 Å². The SMILES string of the molecule is O=S(=O)(CC(F)(F)F)N[C@@H]1CCO[C@@H]1CI. The van der Waals surface area contributed by atoms with Gasteiger partial charge in [-0.3, -0.25) is 0 Å². The van der Waals surface area contributed by atoms with E-state index in [4.69, 9.17) is 4.74 Å². The average Bonchev–Trinajstić information content (AvgIpc) is 2.45. The number of nitrogens with one attached hydrogen (secondary N) is 1. The first kappa shape index (κ1) is 14.5. The molecule has 0 aromatic heterocycles. The molecule has 16 heavy (non-hydrogen) atoms. The lowest BCUT2D eigenvalue weighted by molar-refractivity contribution is -0.106. The van der Waals surface area contributed by atoms with Crippen LogP contribution in [0.4, 0.5) is 13.2 Å². The van der Waals surface area contributed by atoms with Gasteiger partial charge in [-0.05, 0) is 6.42 Å². The molecular formula is C7H11F3INO3S. The topological polar surface area (TPSA) is 55.4 Å². The Kier molecular flexibility index (Phi) is 4.84. The van der Waals surface area contributed by atoms with E-state index in [2.05, 4.69) is 0 Å². The number of rotatable bonds is 4. The van der Waals surface area contributed by atoms with Crippen molar-refractivity contribution in [2.24, 2.45) is 0 Å². The zero-order chi connectivity index (χ0) is 12.4. The molecule has 0 aromatic carbocycles. The van der Waals surface area contributed by atoms with Gasteiger partial charge in [0.15, 0.2) is 5.75 Å². The summed E-state index contributed by atoms with van der Waals surface area (Å²) in [6.45, 7) is 0.368. The number of alkyl halides is 4. The Morgan fingerprint density at radius 3 is 2.56 bits per heavy atom. The van der Waals surface area contributed by atoms with Gasteiger partial charge in [0.25, 0.3) is 0 Å². The Bertz CT molecular complexity index is 332. The largest absolute Gasteiger partial charge is 0.404 e. The van der Waals surface area contributed by atoms with Crippen molar-refractivity contribution in [1.82, 2.24) is 4.72 Å². The molecule has 1 aliphatic rings. The summed E-state index contributed by atoms with van der Waals surface area (Å²) in [5.74, 6) is -1.84. The van der Waals surface area contributed by atoms with Crippen LogP contribution in [-0.2, 0) is 14.8 Å². The van der Waals surface area contributed by atoms with Gasteiger partial charge < -0.3 is 4.74 Å². The van der Waals surface area contributed by atoms with Gasteiger partial charge in [0.05, 0.1) is 12.1 Å². The summed E-state index contributed by atoms with van der Waals surface area (Å²) in [7, 11) is -4.32. The van der Waals surface area contributed by atoms with Gasteiger partial charge in [0, 0.05) is 11.0 Å². The summed E-state index contributed by atoms with van der Waals surface area (Å²) >= 11 is 2.00. The second-order valence-electron chi connectivity index (χ2n) is 3.45. The number of hydrogen-bond donors (Lipinski definition) is 1. The Hall–Kier alpha value is 0.390. The zero-order valence-electron chi connectivity index (χ0n) is 8.13. The van der Waals surface area contributed by atoms with Gasteiger partial charge in [0.1, 0.15) is 0 Å². The van der Waals surface area contributed by atoms with Crippen LogP contribution in [0.15, 0.2) is 0 Å². The minimum atomic E-state index is -4.72. The van der Waals surface area contributed by atoms with Crippen LogP contribution in [0.5, 0.6) is 0 Å². The lowest BCUT2D eigenvalue weighted by atomic mass is 10.2. The third-order valence-electron chi connectivity index (χ3n) is 2.05. The molecule has 1 heterocycles. The van der Waals surface area contributed by atoms with E-state index in [-0.39, 0.29) is 6.10 Å². The maximum Gasteiger partial charge on any atom is 0.404 e. The van der Waals surface area contributed by atoms with Crippen molar-refractivity contribution in [2.75, 3.05) is 16.8 Å². The molecule has 0 aliphatic carbocycles. The van der Waals surface area contributed by atoms with Gasteiger partial charge in [-0.1, -0.05) is 22.6 Å². The molecule has 0 aromatic rings. The minimum Gasteiger partial charge on any atom is -0.376 e. The van der Waals surface area contributed by atoms with E-state index in [0.717, 1.165) is 0 Å². The van der Waals surface area contributed by atoms with E-state index in [0.29, 0.717) is 17.5 Å². The van der Waals surface area contributed by atoms with Crippen molar-refractivity contribution >= 4 is 32.6 Å². The summed E-state index contributed by atoms with van der Waals surface area (Å²) in [4.78, 5) is 0. The Morgan fingerprint density at radius 2 is 2.06 bits per heavy atom. The number of sulfonamides is 1. The molecule has 1 N–H and O–H groups in total. The first-order valence-electron chi connectivity index (χ1n) is 4.48. The standard InChI is InChI=1S/C7H11F3INO3S/c8-7(9,10)4-16(13,14)12-5-1-2-15-6(5)3-11/h5-6,12H,1-4H2/t5-,6-/m1/s1. The molecule has 0 spiro atoms. The molecule has 0 amide bonds. The molecule has 9 heteroatoms. The zero-order valence-corrected chi connectivity index (χ0v) is 11.1. The van der Waals surface area contributed by atoms with Crippen LogP contribution in [0.25, 0.3) is 0 Å². The normalized spacial score (nSPS) is 27.2. The number of ether oxygens (including phenoxy) is 1. The van der Waals surface area contributed by atoms with Crippen molar-refractivity contribution in [3.05, 3.63) is 0 Å². The smallest absolute Gasteiger partial charge is 0.376 e. The van der Waals surface area contributed by atoms with Crippen molar-refractivity contribution < 1.29 is 26.3 Å². The lowest BCUT2D eigenvalue weighted by Gasteiger charge is -2.18. The molecule has 4 nitrogen and oxygen atoms in total. The van der Waals surface area contributed by atoms with Gasteiger partial charge in [-0.15, -0.1) is 0 Å². The molecule has 1 fully saturated rings. The number of halogens is 4. The highest BCUT2D eigenvalue weighted by Crippen LogP contribution is 2.20. The van der Waals surface area contributed by atoms with E-state index < -0.39 is 28.0 Å². The highest BCUT2D eigenvalue weighted by molar-refractivity contribution is 14.1. The van der Waals surface area contributed by atoms with E-state index in [1.807, 2.05) is 27.3 Å². The first-order valence-corrected chi connectivity index (χ1v) is 7.65. The summed E-state index contributed by atoms with van der Waals surface area (Å²) in [6.07, 6.45) is -4.65. The fourth-order valence-electron chi connectivity index (χ4n) is 1.42. The van der Waals surface area contributed by atoms with Crippen LogP contribution in [0.3, 0.4) is 0 Å². The van der Waals surface area contributed by atoms with Crippen LogP contribution in [0, 0.1) is 0 Å². The highest BCUT2D eigenvalue weighted by Gasteiger charge is 2.38. The predicted octanol–water partition coefficient (Wildman–Crippen LogP) is 1.06. The van der Waals surface area contributed by atoms with Crippen LogP contribution in [0.2, 0.25) is 0 Å². The predicted molar refractivity (Wildman–Crippen MR) is 60.0 cm³/mol. The molecule has 0 saturated carbocycles. The summed E-state index contributed by atoms with van der Waals surface area (Å²) in [5, 5.41) is 0. The molecule has 0 bridgehead atoms. The fourth-order valence-corrected chi connectivity index (χ4v) is 3.54. The second kappa shape index (κ2) is 5.36. The second-order valence-corrected chi connectivity index (χ2v) is 6.09. The number of hydrogen-bond acceptors (Lipinski definition) is 3. The van der Waals surface area contributed by atoms with Crippen molar-refractivity contribution in [1.29, 1.82) is 0 Å². The summed E-state index contributed by atoms with van der Waals surface area (Å²) in [5.41, 5.74) is 0. The van der Waals surface area contributed by atoms with Crippen LogP contribution in [0.1, 0.15) is 6.42 Å². The highest BCUT2D eigenvalue weighted by atomic mass is 127. The summed E-state index contributed by atoms with van der Waals surface area (Å²) in [6, 6.07) is -0.552. The molecule has 2 atom stereocenters. The van der Waals surface area contributed by atoms with Gasteiger partial charge >= 0.3 is 6.18 Å². The first-order chi connectivity index (χ1) is 7.23. The molecule has 1 aliphatic heterocycles. The molecule has 0 radical (unpaired) electrons. The van der Waals surface area contributed by atoms with Crippen molar-refractivity contribution in [3.8, 4) is 0 Å². The van der Waals surface area contributed by atoms with Crippen LogP contribution in [-0.4, -0.2) is 43.5 Å². The fraction of sp³-hybridized carbons (Fsp3) is 1.00. The summed E-state index contributed by atoms with van der Waals surface area (Å²) < 4.78 is 66.0. The molecule has 1 rings (SSSR count). The van der Waals surface area contributed by atoms with Gasteiger partial charge in [-0.2, -0.15) is 13.2 Å². The Balaban J connectivity index is 2.59. The molecule has 1 saturated heterocycles. The van der Waals surface area contributed by atoms with Crippen LogP contribution < -0.4 is 4.72 Å². The average molecular weight is 373 g/mol. The monoisotopic (exact) mass is 373 g/mol. The third-order valence-corrected chi connectivity index (χ3v) is 4.28. The van der Waals surface area contributed by atoms with Crippen molar-refractivity contribution in [3.63, 3.8) is 0 Å². The Labute approximate surface area is 105 Å². The molecule has 96 valence electrons. The third kappa shape index (κ3) is 4.72. The van der Waals surface area contributed by atoms with E-state index in [1.54, 1.807) is 0 Å². The van der Waals surface area contributed by atoms with E-state index in [9.17, 15) is 21.6 Å². The molecular weight excluding hydrogens is 362 g/mol. The molecule has 0 unspecified atom stereocenters. The maximum atomic E-state index is 12.0.